The van der Waals surface area contributed by atoms with Crippen molar-refractivity contribution in [2.75, 3.05) is 10.6 Å². The van der Waals surface area contributed by atoms with Crippen molar-refractivity contribution >= 4 is 39.0 Å². The van der Waals surface area contributed by atoms with Gasteiger partial charge in [-0.05, 0) is 71.7 Å². The van der Waals surface area contributed by atoms with E-state index < -0.39 is 0 Å². The molecule has 1 heterocycles. The molecule has 2 N–H and O–H groups in total. The molecule has 0 aliphatic heterocycles. The van der Waals surface area contributed by atoms with Gasteiger partial charge in [-0.1, -0.05) is 23.8 Å². The zero-order valence-corrected chi connectivity index (χ0v) is 15.6. The first-order chi connectivity index (χ1) is 12.0. The standard InChI is InChI=1S/C20H18BrN3O/c1-13-4-3-5-15(10-13)20(25)23-16-7-9-19(22-12-16)24-18-8-6-14(2)11-17(18)21/h3-12H,1-2H3,(H,22,24)(H,23,25). The van der Waals surface area contributed by atoms with Crippen molar-refractivity contribution < 1.29 is 4.79 Å². The highest BCUT2D eigenvalue weighted by molar-refractivity contribution is 9.10. The zero-order chi connectivity index (χ0) is 17.8. The van der Waals surface area contributed by atoms with Crippen LogP contribution in [-0.2, 0) is 0 Å². The summed E-state index contributed by atoms with van der Waals surface area (Å²) >= 11 is 3.54. The van der Waals surface area contributed by atoms with Gasteiger partial charge in [-0.3, -0.25) is 4.79 Å². The molecule has 0 atom stereocenters. The van der Waals surface area contributed by atoms with Crippen LogP contribution < -0.4 is 10.6 Å². The van der Waals surface area contributed by atoms with Crippen LogP contribution in [0.5, 0.6) is 0 Å². The Morgan fingerprint density at radius 3 is 2.48 bits per heavy atom. The van der Waals surface area contributed by atoms with Crippen LogP contribution in [0.15, 0.2) is 65.3 Å². The first-order valence-corrected chi connectivity index (χ1v) is 8.68. The van der Waals surface area contributed by atoms with Crippen molar-refractivity contribution in [3.8, 4) is 0 Å². The van der Waals surface area contributed by atoms with Crippen molar-refractivity contribution in [2.24, 2.45) is 0 Å². The third-order valence-electron chi connectivity index (χ3n) is 3.69. The number of aryl methyl sites for hydroxylation is 2. The van der Waals surface area contributed by atoms with E-state index in [2.05, 4.69) is 31.5 Å². The van der Waals surface area contributed by atoms with Crippen molar-refractivity contribution in [1.29, 1.82) is 0 Å². The number of benzene rings is 2. The predicted octanol–water partition coefficient (Wildman–Crippen LogP) is 5.46. The topological polar surface area (TPSA) is 54.0 Å². The van der Waals surface area contributed by atoms with Gasteiger partial charge in [-0.15, -0.1) is 0 Å². The first kappa shape index (κ1) is 17.2. The van der Waals surface area contributed by atoms with Crippen LogP contribution in [0.25, 0.3) is 0 Å². The monoisotopic (exact) mass is 395 g/mol. The molecule has 0 aliphatic carbocycles. The summed E-state index contributed by atoms with van der Waals surface area (Å²) in [5.41, 5.74) is 4.45. The molecule has 0 radical (unpaired) electrons. The van der Waals surface area contributed by atoms with Crippen LogP contribution in [-0.4, -0.2) is 10.9 Å². The average Bonchev–Trinajstić information content (AvgIpc) is 2.59. The highest BCUT2D eigenvalue weighted by Crippen LogP contribution is 2.26. The van der Waals surface area contributed by atoms with Gasteiger partial charge in [-0.2, -0.15) is 0 Å². The van der Waals surface area contributed by atoms with Gasteiger partial charge in [0, 0.05) is 10.0 Å². The summed E-state index contributed by atoms with van der Waals surface area (Å²) in [5.74, 6) is 0.561. The number of anilines is 3. The van der Waals surface area contributed by atoms with Crippen LogP contribution in [0.2, 0.25) is 0 Å². The van der Waals surface area contributed by atoms with Crippen LogP contribution in [0.4, 0.5) is 17.2 Å². The van der Waals surface area contributed by atoms with Crippen LogP contribution in [0, 0.1) is 13.8 Å². The van der Waals surface area contributed by atoms with E-state index in [0.29, 0.717) is 17.1 Å². The van der Waals surface area contributed by atoms with E-state index in [1.807, 2.05) is 62.4 Å². The minimum absolute atomic E-state index is 0.146. The lowest BCUT2D eigenvalue weighted by Gasteiger charge is -2.10. The third-order valence-corrected chi connectivity index (χ3v) is 4.35. The molecule has 0 aliphatic rings. The van der Waals surface area contributed by atoms with E-state index in [0.717, 1.165) is 15.7 Å². The van der Waals surface area contributed by atoms with Gasteiger partial charge in [0.15, 0.2) is 0 Å². The largest absolute Gasteiger partial charge is 0.339 e. The van der Waals surface area contributed by atoms with Gasteiger partial charge in [-0.25, -0.2) is 4.98 Å². The Hall–Kier alpha value is -2.66. The second-order valence-electron chi connectivity index (χ2n) is 5.86. The van der Waals surface area contributed by atoms with Gasteiger partial charge >= 0.3 is 0 Å². The fourth-order valence-electron chi connectivity index (χ4n) is 2.39. The van der Waals surface area contributed by atoms with Crippen LogP contribution >= 0.6 is 15.9 Å². The number of rotatable bonds is 4. The fraction of sp³-hybridized carbons (Fsp3) is 0.100. The molecule has 0 saturated carbocycles. The molecule has 3 aromatic rings. The smallest absolute Gasteiger partial charge is 0.255 e. The minimum Gasteiger partial charge on any atom is -0.339 e. The molecular formula is C20H18BrN3O. The molecule has 1 amide bonds. The van der Waals surface area contributed by atoms with Crippen molar-refractivity contribution in [3.63, 3.8) is 0 Å². The summed E-state index contributed by atoms with van der Waals surface area (Å²) in [4.78, 5) is 16.6. The number of carbonyl (C=O) groups excluding carboxylic acids is 1. The normalized spacial score (nSPS) is 10.4. The maximum absolute atomic E-state index is 12.3. The maximum atomic E-state index is 12.3. The fourth-order valence-corrected chi connectivity index (χ4v) is 2.98. The van der Waals surface area contributed by atoms with Gasteiger partial charge in [0.2, 0.25) is 0 Å². The first-order valence-electron chi connectivity index (χ1n) is 7.88. The Morgan fingerprint density at radius 1 is 1.00 bits per heavy atom. The molecule has 4 nitrogen and oxygen atoms in total. The zero-order valence-electron chi connectivity index (χ0n) is 14.0. The number of hydrogen-bond acceptors (Lipinski definition) is 3. The number of carbonyl (C=O) groups is 1. The van der Waals surface area contributed by atoms with Gasteiger partial charge in [0.05, 0.1) is 17.6 Å². The second kappa shape index (κ2) is 7.49. The molecule has 25 heavy (non-hydrogen) atoms. The SMILES string of the molecule is Cc1cccc(C(=O)Nc2ccc(Nc3ccc(C)cc3Br)nc2)c1. The predicted molar refractivity (Wildman–Crippen MR) is 106 cm³/mol. The molecule has 0 unspecified atom stereocenters. The maximum Gasteiger partial charge on any atom is 0.255 e. The molecule has 3 rings (SSSR count). The number of nitrogens with one attached hydrogen (secondary N) is 2. The van der Waals surface area contributed by atoms with E-state index >= 15 is 0 Å². The summed E-state index contributed by atoms with van der Waals surface area (Å²) in [7, 11) is 0. The molecule has 5 heteroatoms. The van der Waals surface area contributed by atoms with Crippen molar-refractivity contribution in [3.05, 3.63) is 82.0 Å². The summed E-state index contributed by atoms with van der Waals surface area (Å²) in [6.07, 6.45) is 1.64. The van der Waals surface area contributed by atoms with Crippen LogP contribution in [0.3, 0.4) is 0 Å². The van der Waals surface area contributed by atoms with E-state index in [1.165, 1.54) is 5.56 Å². The number of nitrogens with zero attached hydrogens (tertiary/aromatic N) is 1. The quantitative estimate of drug-likeness (QED) is 0.616. The lowest BCUT2D eigenvalue weighted by atomic mass is 10.1. The van der Waals surface area contributed by atoms with E-state index in [9.17, 15) is 4.79 Å². The Kier molecular flexibility index (Phi) is 5.14. The van der Waals surface area contributed by atoms with Crippen LogP contribution in [0.1, 0.15) is 21.5 Å². The number of hydrogen-bond donors (Lipinski definition) is 2. The number of aromatic nitrogens is 1. The Balaban J connectivity index is 1.69. The summed E-state index contributed by atoms with van der Waals surface area (Å²) in [6, 6.07) is 17.2. The lowest BCUT2D eigenvalue weighted by molar-refractivity contribution is 0.102. The second-order valence-corrected chi connectivity index (χ2v) is 6.72. The van der Waals surface area contributed by atoms with Gasteiger partial charge in [0.25, 0.3) is 5.91 Å². The number of amides is 1. The van der Waals surface area contributed by atoms with Crippen molar-refractivity contribution in [2.45, 2.75) is 13.8 Å². The highest BCUT2D eigenvalue weighted by atomic mass is 79.9. The molecule has 2 aromatic carbocycles. The van der Waals surface area contributed by atoms with Crippen molar-refractivity contribution in [1.82, 2.24) is 4.98 Å². The number of pyridine rings is 1. The molecule has 0 spiro atoms. The minimum atomic E-state index is -0.146. The lowest BCUT2D eigenvalue weighted by Crippen LogP contribution is -2.12. The molecule has 0 fully saturated rings. The highest BCUT2D eigenvalue weighted by Gasteiger charge is 2.07. The summed E-state index contributed by atoms with van der Waals surface area (Å²) in [6.45, 7) is 4.00. The molecule has 1 aromatic heterocycles. The third kappa shape index (κ3) is 4.45. The summed E-state index contributed by atoms with van der Waals surface area (Å²) < 4.78 is 0.978. The molecule has 0 bridgehead atoms. The molecule has 0 saturated heterocycles. The number of halogens is 1. The Bertz CT molecular complexity index is 907. The van der Waals surface area contributed by atoms with E-state index in [1.54, 1.807) is 12.3 Å². The Morgan fingerprint density at radius 2 is 1.80 bits per heavy atom. The van der Waals surface area contributed by atoms with Gasteiger partial charge in [0.1, 0.15) is 5.82 Å². The van der Waals surface area contributed by atoms with Gasteiger partial charge < -0.3 is 10.6 Å². The van der Waals surface area contributed by atoms with E-state index in [-0.39, 0.29) is 5.91 Å². The summed E-state index contributed by atoms with van der Waals surface area (Å²) in [5, 5.41) is 6.11. The molecule has 126 valence electrons. The Labute approximate surface area is 155 Å². The molecular weight excluding hydrogens is 378 g/mol. The average molecular weight is 396 g/mol. The van der Waals surface area contributed by atoms with E-state index in [4.69, 9.17) is 0 Å².